The molecule has 3 N–H and O–H groups in total. The predicted molar refractivity (Wildman–Crippen MR) is 86.7 cm³/mol. The molecule has 0 aromatic carbocycles. The number of nitrogens with two attached hydrogens (primary N) is 1. The summed E-state index contributed by atoms with van der Waals surface area (Å²) in [7, 11) is 0. The molecule has 21 heavy (non-hydrogen) atoms. The van der Waals surface area contributed by atoms with E-state index in [1.54, 1.807) is 10.9 Å². The number of hydrogen-bond acceptors (Lipinski definition) is 6. The Labute approximate surface area is 128 Å². The molecule has 2 aromatic heterocycles. The van der Waals surface area contributed by atoms with Gasteiger partial charge in [0.1, 0.15) is 12.0 Å². The zero-order valence-corrected chi connectivity index (χ0v) is 12.9. The van der Waals surface area contributed by atoms with E-state index in [0.29, 0.717) is 23.4 Å². The van der Waals surface area contributed by atoms with E-state index in [4.69, 9.17) is 5.73 Å². The standard InChI is InChI=1S/C14H20N6S/c1-2-21-11-5-4-10(8-11)19-13-12(15)14(17-9-16-13)20-7-3-6-18-20/h3,6-7,9-11H,2,4-5,8,15H2,1H3,(H,16,17,19). The third-order valence-corrected chi connectivity index (χ3v) is 4.94. The lowest BCUT2D eigenvalue weighted by molar-refractivity contribution is 0.750. The number of anilines is 2. The summed E-state index contributed by atoms with van der Waals surface area (Å²) in [5.74, 6) is 2.51. The van der Waals surface area contributed by atoms with Crippen molar-refractivity contribution in [3.8, 4) is 5.82 Å². The lowest BCUT2D eigenvalue weighted by Gasteiger charge is -2.16. The molecule has 0 aliphatic heterocycles. The molecule has 0 saturated heterocycles. The van der Waals surface area contributed by atoms with E-state index < -0.39 is 0 Å². The first kappa shape index (κ1) is 14.2. The monoisotopic (exact) mass is 304 g/mol. The Morgan fingerprint density at radius 3 is 3.10 bits per heavy atom. The van der Waals surface area contributed by atoms with Gasteiger partial charge in [0.25, 0.3) is 0 Å². The molecule has 3 rings (SSSR count). The summed E-state index contributed by atoms with van der Waals surface area (Å²) < 4.78 is 1.66. The second-order valence-corrected chi connectivity index (χ2v) is 6.72. The number of thioether (sulfide) groups is 1. The minimum atomic E-state index is 0.441. The number of aromatic nitrogens is 4. The maximum Gasteiger partial charge on any atom is 0.181 e. The zero-order valence-electron chi connectivity index (χ0n) is 12.1. The smallest absolute Gasteiger partial charge is 0.181 e. The highest BCUT2D eigenvalue weighted by Gasteiger charge is 2.25. The van der Waals surface area contributed by atoms with Gasteiger partial charge in [-0.1, -0.05) is 6.92 Å². The van der Waals surface area contributed by atoms with Crippen LogP contribution in [-0.4, -0.2) is 36.8 Å². The fourth-order valence-corrected chi connectivity index (χ4v) is 3.87. The molecule has 1 aliphatic carbocycles. The second-order valence-electron chi connectivity index (χ2n) is 5.14. The van der Waals surface area contributed by atoms with Crippen LogP contribution in [0.4, 0.5) is 11.5 Å². The van der Waals surface area contributed by atoms with Crippen LogP contribution in [-0.2, 0) is 0 Å². The topological polar surface area (TPSA) is 81.7 Å². The number of rotatable bonds is 5. The summed E-state index contributed by atoms with van der Waals surface area (Å²) in [5, 5.41) is 8.39. The van der Waals surface area contributed by atoms with Gasteiger partial charge in [0.15, 0.2) is 11.6 Å². The summed E-state index contributed by atoms with van der Waals surface area (Å²) in [6.45, 7) is 2.21. The SMILES string of the molecule is CCSC1CCC(Nc2ncnc(-n3cccn3)c2N)C1. The second kappa shape index (κ2) is 6.34. The Morgan fingerprint density at radius 2 is 2.33 bits per heavy atom. The fourth-order valence-electron chi connectivity index (χ4n) is 2.73. The molecule has 0 bridgehead atoms. The first-order chi connectivity index (χ1) is 10.3. The van der Waals surface area contributed by atoms with Crippen molar-refractivity contribution in [1.29, 1.82) is 0 Å². The maximum atomic E-state index is 6.19. The van der Waals surface area contributed by atoms with Crippen LogP contribution in [0.3, 0.4) is 0 Å². The van der Waals surface area contributed by atoms with Gasteiger partial charge in [0.2, 0.25) is 0 Å². The van der Waals surface area contributed by atoms with Crippen molar-refractivity contribution < 1.29 is 0 Å². The van der Waals surface area contributed by atoms with Crippen LogP contribution in [0, 0.1) is 0 Å². The first-order valence-corrected chi connectivity index (χ1v) is 8.31. The molecule has 0 amide bonds. The molecule has 1 fully saturated rings. The molecule has 6 nitrogen and oxygen atoms in total. The Hall–Kier alpha value is -1.76. The van der Waals surface area contributed by atoms with Crippen LogP contribution < -0.4 is 11.1 Å². The Bertz CT molecular complexity index is 585. The lowest BCUT2D eigenvalue weighted by Crippen LogP contribution is -2.19. The molecule has 7 heteroatoms. The number of nitrogen functional groups attached to an aromatic ring is 1. The van der Waals surface area contributed by atoms with Crippen LogP contribution >= 0.6 is 11.8 Å². The fraction of sp³-hybridized carbons (Fsp3) is 0.500. The van der Waals surface area contributed by atoms with Crippen molar-refractivity contribution in [2.75, 3.05) is 16.8 Å². The number of nitrogens with one attached hydrogen (secondary N) is 1. The summed E-state index contributed by atoms with van der Waals surface area (Å²) in [6.07, 6.45) is 8.65. The molecular weight excluding hydrogens is 284 g/mol. The van der Waals surface area contributed by atoms with Crippen LogP contribution in [0.25, 0.3) is 5.82 Å². The Kier molecular flexibility index (Phi) is 4.28. The van der Waals surface area contributed by atoms with E-state index in [2.05, 4.69) is 27.3 Å². The molecule has 1 aliphatic rings. The van der Waals surface area contributed by atoms with Gasteiger partial charge in [-0.2, -0.15) is 16.9 Å². The molecule has 2 heterocycles. The van der Waals surface area contributed by atoms with Crippen molar-refractivity contribution in [2.24, 2.45) is 0 Å². The van der Waals surface area contributed by atoms with Gasteiger partial charge in [0, 0.05) is 23.7 Å². The van der Waals surface area contributed by atoms with E-state index >= 15 is 0 Å². The van der Waals surface area contributed by atoms with Gasteiger partial charge in [-0.05, 0) is 31.1 Å². The van der Waals surface area contributed by atoms with Gasteiger partial charge in [0.05, 0.1) is 0 Å². The van der Waals surface area contributed by atoms with Gasteiger partial charge >= 0.3 is 0 Å². The molecule has 112 valence electrons. The average Bonchev–Trinajstić information content (AvgIpc) is 3.13. The molecule has 2 unspecified atom stereocenters. The summed E-state index contributed by atoms with van der Waals surface area (Å²) in [5.41, 5.74) is 6.74. The maximum absolute atomic E-state index is 6.19. The van der Waals surface area contributed by atoms with Crippen molar-refractivity contribution >= 4 is 23.3 Å². The van der Waals surface area contributed by atoms with Gasteiger partial charge in [-0.3, -0.25) is 0 Å². The van der Waals surface area contributed by atoms with Crippen LogP contribution in [0.15, 0.2) is 24.8 Å². The largest absolute Gasteiger partial charge is 0.393 e. The van der Waals surface area contributed by atoms with Gasteiger partial charge < -0.3 is 11.1 Å². The van der Waals surface area contributed by atoms with E-state index in [0.717, 1.165) is 11.7 Å². The van der Waals surface area contributed by atoms with Gasteiger partial charge in [-0.25, -0.2) is 14.6 Å². The Balaban J connectivity index is 1.73. The summed E-state index contributed by atoms with van der Waals surface area (Å²) in [6, 6.07) is 2.29. The van der Waals surface area contributed by atoms with Crippen LogP contribution in [0.5, 0.6) is 0 Å². The lowest BCUT2D eigenvalue weighted by atomic mass is 10.2. The molecule has 0 spiro atoms. The van der Waals surface area contributed by atoms with Crippen molar-refractivity contribution in [1.82, 2.24) is 19.7 Å². The minimum Gasteiger partial charge on any atom is -0.393 e. The molecule has 2 atom stereocenters. The highest BCUT2D eigenvalue weighted by molar-refractivity contribution is 7.99. The first-order valence-electron chi connectivity index (χ1n) is 7.26. The van der Waals surface area contributed by atoms with Crippen molar-refractivity contribution in [2.45, 2.75) is 37.5 Å². The molecule has 2 aromatic rings. The van der Waals surface area contributed by atoms with Gasteiger partial charge in [-0.15, -0.1) is 0 Å². The zero-order chi connectivity index (χ0) is 14.7. The van der Waals surface area contributed by atoms with Crippen LogP contribution in [0.2, 0.25) is 0 Å². The van der Waals surface area contributed by atoms with Crippen molar-refractivity contribution in [3.63, 3.8) is 0 Å². The third kappa shape index (κ3) is 3.12. The number of hydrogen-bond donors (Lipinski definition) is 2. The van der Waals surface area contributed by atoms with E-state index in [1.807, 2.05) is 24.0 Å². The normalized spacial score (nSPS) is 21.6. The minimum absolute atomic E-state index is 0.441. The number of nitrogens with zero attached hydrogens (tertiary/aromatic N) is 4. The van der Waals surface area contributed by atoms with E-state index in [9.17, 15) is 0 Å². The Morgan fingerprint density at radius 1 is 1.43 bits per heavy atom. The van der Waals surface area contributed by atoms with E-state index in [-0.39, 0.29) is 0 Å². The van der Waals surface area contributed by atoms with Crippen LogP contribution in [0.1, 0.15) is 26.2 Å². The van der Waals surface area contributed by atoms with Crippen molar-refractivity contribution in [3.05, 3.63) is 24.8 Å². The molecular formula is C14H20N6S. The summed E-state index contributed by atoms with van der Waals surface area (Å²) >= 11 is 2.04. The highest BCUT2D eigenvalue weighted by atomic mass is 32.2. The average molecular weight is 304 g/mol. The molecule has 1 saturated carbocycles. The quantitative estimate of drug-likeness (QED) is 0.882. The predicted octanol–water partition coefficient (Wildman–Crippen LogP) is 2.33. The van der Waals surface area contributed by atoms with E-state index in [1.165, 1.54) is 24.9 Å². The third-order valence-electron chi connectivity index (χ3n) is 3.71. The highest BCUT2D eigenvalue weighted by Crippen LogP contribution is 2.32. The summed E-state index contributed by atoms with van der Waals surface area (Å²) in [4.78, 5) is 8.51. The molecule has 0 radical (unpaired) electrons.